The summed E-state index contributed by atoms with van der Waals surface area (Å²) in [6.07, 6.45) is 0.166. The van der Waals surface area contributed by atoms with E-state index in [1.165, 1.54) is 7.05 Å². The van der Waals surface area contributed by atoms with Gasteiger partial charge in [-0.2, -0.15) is 0 Å². The number of hydrogen-bond donors (Lipinski definition) is 4. The molecule has 0 aliphatic heterocycles. The second kappa shape index (κ2) is 6.78. The number of H-pyrrole nitrogens is 1. The van der Waals surface area contributed by atoms with Crippen molar-refractivity contribution in [2.45, 2.75) is 6.92 Å². The molecule has 0 radical (unpaired) electrons. The van der Waals surface area contributed by atoms with Crippen LogP contribution >= 0.6 is 0 Å². The first-order valence-electron chi connectivity index (χ1n) is 7.00. The molecule has 8 heteroatoms. The van der Waals surface area contributed by atoms with E-state index in [9.17, 15) is 19.2 Å². The average molecular weight is 328 g/mol. The van der Waals surface area contributed by atoms with Crippen LogP contribution in [0.2, 0.25) is 0 Å². The Labute approximate surface area is 136 Å². The summed E-state index contributed by atoms with van der Waals surface area (Å²) in [6.45, 7) is 1.61. The molecule has 0 spiro atoms. The SMILES string of the molecule is CNC(=O)/C(C)=c1/[nH]/c(=C(/C(N)=O)C(=O)NC=O)c2ccccc12. The Kier molecular flexibility index (Phi) is 4.78. The first-order chi connectivity index (χ1) is 11.4. The van der Waals surface area contributed by atoms with E-state index in [2.05, 4.69) is 10.3 Å². The molecule has 0 saturated carbocycles. The number of aromatic amines is 1. The first-order valence-corrected chi connectivity index (χ1v) is 7.00. The third-order valence-corrected chi connectivity index (χ3v) is 3.57. The largest absolute Gasteiger partial charge is 0.365 e. The summed E-state index contributed by atoms with van der Waals surface area (Å²) in [5.41, 5.74) is 5.28. The van der Waals surface area contributed by atoms with Gasteiger partial charge < -0.3 is 16.0 Å². The lowest BCUT2D eigenvalue weighted by molar-refractivity contribution is -0.122. The molecule has 2 rings (SSSR count). The quantitative estimate of drug-likeness (QED) is 0.381. The summed E-state index contributed by atoms with van der Waals surface area (Å²) in [5.74, 6) is -2.23. The van der Waals surface area contributed by atoms with Gasteiger partial charge in [-0.15, -0.1) is 0 Å². The smallest absolute Gasteiger partial charge is 0.265 e. The third-order valence-electron chi connectivity index (χ3n) is 3.57. The zero-order chi connectivity index (χ0) is 17.9. The van der Waals surface area contributed by atoms with Crippen LogP contribution in [0.4, 0.5) is 0 Å². The maximum Gasteiger partial charge on any atom is 0.265 e. The summed E-state index contributed by atoms with van der Waals surface area (Å²) in [7, 11) is 1.50. The van der Waals surface area contributed by atoms with E-state index in [0.717, 1.165) is 0 Å². The normalized spacial score (nSPS) is 13.1. The van der Waals surface area contributed by atoms with Crippen LogP contribution in [0.25, 0.3) is 21.9 Å². The van der Waals surface area contributed by atoms with Gasteiger partial charge in [0.2, 0.25) is 12.3 Å². The lowest BCUT2D eigenvalue weighted by Crippen LogP contribution is -2.35. The maximum absolute atomic E-state index is 12.0. The lowest BCUT2D eigenvalue weighted by atomic mass is 10.1. The number of primary amides is 1. The number of nitrogens with one attached hydrogen (secondary N) is 3. The van der Waals surface area contributed by atoms with E-state index < -0.39 is 17.4 Å². The van der Waals surface area contributed by atoms with E-state index in [4.69, 9.17) is 5.73 Å². The molecule has 2 aromatic rings. The summed E-state index contributed by atoms with van der Waals surface area (Å²) in [4.78, 5) is 49.1. The number of hydrogen-bond acceptors (Lipinski definition) is 4. The fourth-order valence-electron chi connectivity index (χ4n) is 2.45. The zero-order valence-corrected chi connectivity index (χ0v) is 13.1. The van der Waals surface area contributed by atoms with Gasteiger partial charge in [0.1, 0.15) is 5.57 Å². The van der Waals surface area contributed by atoms with Crippen LogP contribution in [-0.4, -0.2) is 36.2 Å². The minimum atomic E-state index is -0.995. The molecule has 5 N–H and O–H groups in total. The van der Waals surface area contributed by atoms with Crippen molar-refractivity contribution in [1.29, 1.82) is 0 Å². The molecule has 8 nitrogen and oxygen atoms in total. The van der Waals surface area contributed by atoms with Crippen molar-refractivity contribution in [1.82, 2.24) is 15.6 Å². The van der Waals surface area contributed by atoms with E-state index in [0.29, 0.717) is 21.7 Å². The molecule has 1 heterocycles. The van der Waals surface area contributed by atoms with Crippen molar-refractivity contribution < 1.29 is 19.2 Å². The van der Waals surface area contributed by atoms with Gasteiger partial charge in [-0.25, -0.2) is 0 Å². The van der Waals surface area contributed by atoms with Crippen LogP contribution in [0.1, 0.15) is 6.92 Å². The van der Waals surface area contributed by atoms with Crippen LogP contribution in [0.5, 0.6) is 0 Å². The van der Waals surface area contributed by atoms with Crippen molar-refractivity contribution in [3.63, 3.8) is 0 Å². The summed E-state index contributed by atoms with van der Waals surface area (Å²) in [6, 6.07) is 6.90. The van der Waals surface area contributed by atoms with Gasteiger partial charge >= 0.3 is 0 Å². The number of rotatable bonds is 4. The molecular formula is C16H16N4O4. The Morgan fingerprint density at radius 2 is 1.67 bits per heavy atom. The molecule has 4 amide bonds. The van der Waals surface area contributed by atoms with Crippen LogP contribution in [0.15, 0.2) is 24.3 Å². The zero-order valence-electron chi connectivity index (χ0n) is 13.1. The van der Waals surface area contributed by atoms with Crippen molar-refractivity contribution in [3.05, 3.63) is 35.0 Å². The van der Waals surface area contributed by atoms with Crippen LogP contribution in [-0.2, 0) is 19.2 Å². The highest BCUT2D eigenvalue weighted by Gasteiger charge is 2.19. The molecule has 0 unspecified atom stereocenters. The van der Waals surface area contributed by atoms with Gasteiger partial charge in [0, 0.05) is 23.4 Å². The molecule has 0 fully saturated rings. The second-order valence-corrected chi connectivity index (χ2v) is 4.96. The molecular weight excluding hydrogens is 312 g/mol. The van der Waals surface area contributed by atoms with E-state index >= 15 is 0 Å². The fourth-order valence-corrected chi connectivity index (χ4v) is 2.45. The first kappa shape index (κ1) is 16.9. The minimum absolute atomic E-state index is 0.149. The van der Waals surface area contributed by atoms with Gasteiger partial charge in [0.15, 0.2) is 0 Å². The summed E-state index contributed by atoms with van der Waals surface area (Å²) < 4.78 is 0. The number of nitrogens with two attached hydrogens (primary N) is 1. The average Bonchev–Trinajstić information content (AvgIpc) is 2.93. The van der Waals surface area contributed by atoms with Crippen molar-refractivity contribution in [3.8, 4) is 0 Å². The third kappa shape index (κ3) is 2.89. The standard InChI is InChI=1S/C16H16N4O4/c1-8(15(23)18-2)12-9-5-3-4-6-10(9)13(20-12)11(14(17)22)16(24)19-7-21/h3-7,20H,1-2H3,(H2,17,22)(H,18,23)(H,19,21,24)/b12-8+,13-11-. The highest BCUT2D eigenvalue weighted by Crippen LogP contribution is 2.07. The molecule has 1 aromatic heterocycles. The Balaban J connectivity index is 3.03. The molecule has 0 saturated heterocycles. The number of carbonyl (C=O) groups excluding carboxylic acids is 4. The molecule has 0 atom stereocenters. The Morgan fingerprint density at radius 1 is 1.08 bits per heavy atom. The van der Waals surface area contributed by atoms with Crippen molar-refractivity contribution >= 4 is 46.1 Å². The van der Waals surface area contributed by atoms with E-state index in [1.807, 2.05) is 5.32 Å². The summed E-state index contributed by atoms with van der Waals surface area (Å²) >= 11 is 0. The predicted molar refractivity (Wildman–Crippen MR) is 87.5 cm³/mol. The summed E-state index contributed by atoms with van der Waals surface area (Å²) in [5, 5.41) is 6.19. The van der Waals surface area contributed by atoms with Crippen LogP contribution in [0, 0.1) is 0 Å². The Hall–Kier alpha value is -3.42. The van der Waals surface area contributed by atoms with Gasteiger partial charge in [-0.1, -0.05) is 24.3 Å². The highest BCUT2D eigenvalue weighted by atomic mass is 16.2. The fraction of sp³-hybridized carbons (Fsp3) is 0.125. The number of fused-ring (bicyclic) bond motifs is 1. The Bertz CT molecular complexity index is 972. The van der Waals surface area contributed by atoms with Gasteiger partial charge in [0.05, 0.1) is 10.7 Å². The van der Waals surface area contributed by atoms with Crippen LogP contribution < -0.4 is 27.1 Å². The maximum atomic E-state index is 12.0. The predicted octanol–water partition coefficient (Wildman–Crippen LogP) is -2.01. The van der Waals surface area contributed by atoms with Gasteiger partial charge in [0.25, 0.3) is 11.8 Å². The molecule has 0 aliphatic rings. The number of aromatic nitrogens is 1. The monoisotopic (exact) mass is 328 g/mol. The van der Waals surface area contributed by atoms with Crippen molar-refractivity contribution in [2.24, 2.45) is 5.73 Å². The number of benzene rings is 1. The molecule has 1 aromatic carbocycles. The van der Waals surface area contributed by atoms with Crippen LogP contribution in [0.3, 0.4) is 0 Å². The minimum Gasteiger partial charge on any atom is -0.365 e. The van der Waals surface area contributed by atoms with Gasteiger partial charge in [-0.05, 0) is 6.92 Å². The highest BCUT2D eigenvalue weighted by molar-refractivity contribution is 6.41. The topological polar surface area (TPSA) is 134 Å². The van der Waals surface area contributed by atoms with Gasteiger partial charge in [-0.3, -0.25) is 24.5 Å². The number of amides is 4. The molecule has 0 bridgehead atoms. The number of carbonyl (C=O) groups is 4. The molecule has 24 heavy (non-hydrogen) atoms. The van der Waals surface area contributed by atoms with E-state index in [-0.39, 0.29) is 17.7 Å². The molecule has 124 valence electrons. The van der Waals surface area contributed by atoms with Crippen molar-refractivity contribution in [2.75, 3.05) is 7.05 Å². The van der Waals surface area contributed by atoms with E-state index in [1.54, 1.807) is 31.2 Å². The Morgan fingerprint density at radius 3 is 2.17 bits per heavy atom. The molecule has 0 aliphatic carbocycles. The number of imide groups is 1. The second-order valence-electron chi connectivity index (χ2n) is 4.96. The lowest BCUT2D eigenvalue weighted by Gasteiger charge is -1.99.